The van der Waals surface area contributed by atoms with Crippen LogP contribution in [0.1, 0.15) is 16.1 Å². The zero-order valence-electron chi connectivity index (χ0n) is 12.8. The van der Waals surface area contributed by atoms with E-state index in [9.17, 15) is 14.9 Å². The van der Waals surface area contributed by atoms with Gasteiger partial charge in [-0.1, -0.05) is 6.07 Å². The molecule has 1 heterocycles. The predicted octanol–water partition coefficient (Wildman–Crippen LogP) is 1.72. The fourth-order valence-electron chi connectivity index (χ4n) is 2.12. The number of hydrogen-bond donors (Lipinski definition) is 1. The van der Waals surface area contributed by atoms with Crippen LogP contribution in [0.2, 0.25) is 0 Å². The summed E-state index contributed by atoms with van der Waals surface area (Å²) in [4.78, 5) is 26.0. The van der Waals surface area contributed by atoms with Gasteiger partial charge in [-0.3, -0.25) is 4.79 Å². The third kappa shape index (κ3) is 3.01. The van der Waals surface area contributed by atoms with E-state index >= 15 is 0 Å². The number of pyridine rings is 1. The van der Waals surface area contributed by atoms with Gasteiger partial charge in [0.15, 0.2) is 11.5 Å². The molecule has 2 aromatic rings. The maximum absolute atomic E-state index is 12.0. The van der Waals surface area contributed by atoms with Crippen LogP contribution in [-0.2, 0) is 4.74 Å². The van der Waals surface area contributed by atoms with E-state index in [2.05, 4.69) is 9.72 Å². The smallest absolute Gasteiger partial charge is 0.354 e. The number of methoxy groups -OCH3 is 3. The minimum Gasteiger partial charge on any atom is -0.493 e. The Morgan fingerprint density at radius 2 is 1.83 bits per heavy atom. The molecule has 1 aromatic heterocycles. The van der Waals surface area contributed by atoms with Gasteiger partial charge in [-0.25, -0.2) is 4.79 Å². The number of carbonyl (C=O) groups excluding carboxylic acids is 1. The van der Waals surface area contributed by atoms with E-state index in [1.807, 2.05) is 6.07 Å². The standard InChI is InChI=1S/C16H14N2O5/c1-21-13-5-4-9(6-14(13)22-2)10-7-12(16(20)23-3)18-15(19)11(10)8-17/h4-7H,1-3H3,(H,18,19). The van der Waals surface area contributed by atoms with E-state index in [1.54, 1.807) is 18.2 Å². The number of nitrogens with zero attached hydrogens (tertiary/aromatic N) is 1. The van der Waals surface area contributed by atoms with Crippen molar-refractivity contribution in [2.75, 3.05) is 21.3 Å². The second-order valence-electron chi connectivity index (χ2n) is 4.47. The first-order valence-corrected chi connectivity index (χ1v) is 6.53. The number of rotatable bonds is 4. The number of aromatic nitrogens is 1. The normalized spacial score (nSPS) is 9.83. The topological polar surface area (TPSA) is 101 Å². The zero-order valence-corrected chi connectivity index (χ0v) is 12.8. The van der Waals surface area contributed by atoms with Crippen LogP contribution in [0, 0.1) is 11.3 Å². The molecule has 0 bridgehead atoms. The molecular weight excluding hydrogens is 300 g/mol. The van der Waals surface area contributed by atoms with Gasteiger partial charge < -0.3 is 19.2 Å². The second kappa shape index (κ2) is 6.66. The molecule has 23 heavy (non-hydrogen) atoms. The Labute approximate surface area is 132 Å². The average molecular weight is 314 g/mol. The molecule has 1 N–H and O–H groups in total. The Morgan fingerprint density at radius 1 is 1.13 bits per heavy atom. The molecule has 0 aliphatic heterocycles. The van der Waals surface area contributed by atoms with E-state index in [0.29, 0.717) is 22.6 Å². The molecule has 7 nitrogen and oxygen atoms in total. The minimum atomic E-state index is -0.701. The SMILES string of the molecule is COC(=O)c1cc(-c2ccc(OC)c(OC)c2)c(C#N)c(=O)[nH]1. The van der Waals surface area contributed by atoms with Gasteiger partial charge in [-0.15, -0.1) is 0 Å². The lowest BCUT2D eigenvalue weighted by Gasteiger charge is -2.11. The monoisotopic (exact) mass is 314 g/mol. The number of nitrogens with one attached hydrogen (secondary N) is 1. The molecule has 0 radical (unpaired) electrons. The summed E-state index contributed by atoms with van der Waals surface area (Å²) in [5.74, 6) is 0.245. The molecule has 0 aliphatic carbocycles. The number of esters is 1. The maximum Gasteiger partial charge on any atom is 0.354 e. The Hall–Kier alpha value is -3.27. The third-order valence-corrected chi connectivity index (χ3v) is 3.24. The zero-order chi connectivity index (χ0) is 17.0. The van der Waals surface area contributed by atoms with Crippen LogP contribution in [0.4, 0.5) is 0 Å². The van der Waals surface area contributed by atoms with Gasteiger partial charge in [0.05, 0.1) is 21.3 Å². The Bertz CT molecular complexity index is 849. The maximum atomic E-state index is 12.0. The number of ether oxygens (including phenoxy) is 3. The van der Waals surface area contributed by atoms with E-state index in [4.69, 9.17) is 9.47 Å². The molecule has 0 aliphatic rings. The van der Waals surface area contributed by atoms with Gasteiger partial charge in [0.1, 0.15) is 17.3 Å². The van der Waals surface area contributed by atoms with Crippen molar-refractivity contribution in [3.63, 3.8) is 0 Å². The van der Waals surface area contributed by atoms with Crippen LogP contribution in [0.5, 0.6) is 11.5 Å². The Kier molecular flexibility index (Phi) is 4.66. The van der Waals surface area contributed by atoms with Crippen LogP contribution in [-0.4, -0.2) is 32.3 Å². The van der Waals surface area contributed by atoms with Gasteiger partial charge in [-0.2, -0.15) is 5.26 Å². The first-order chi connectivity index (χ1) is 11.0. The largest absolute Gasteiger partial charge is 0.493 e. The Balaban J connectivity index is 2.71. The summed E-state index contributed by atoms with van der Waals surface area (Å²) in [5.41, 5.74) is 0.0272. The summed E-state index contributed by atoms with van der Waals surface area (Å²) in [5, 5.41) is 9.23. The van der Waals surface area contributed by atoms with E-state index < -0.39 is 11.5 Å². The van der Waals surface area contributed by atoms with Crippen LogP contribution in [0.3, 0.4) is 0 Å². The fourth-order valence-corrected chi connectivity index (χ4v) is 2.12. The predicted molar refractivity (Wildman–Crippen MR) is 81.7 cm³/mol. The van der Waals surface area contributed by atoms with Gasteiger partial charge >= 0.3 is 5.97 Å². The quantitative estimate of drug-likeness (QED) is 0.862. The van der Waals surface area contributed by atoms with Gasteiger partial charge in [0, 0.05) is 5.56 Å². The number of nitriles is 1. The highest BCUT2D eigenvalue weighted by molar-refractivity contribution is 5.89. The summed E-state index contributed by atoms with van der Waals surface area (Å²) in [6, 6.07) is 8.17. The first-order valence-electron chi connectivity index (χ1n) is 6.53. The third-order valence-electron chi connectivity index (χ3n) is 3.24. The van der Waals surface area contributed by atoms with Crippen molar-refractivity contribution in [1.29, 1.82) is 5.26 Å². The van der Waals surface area contributed by atoms with Crippen molar-refractivity contribution in [2.45, 2.75) is 0 Å². The average Bonchev–Trinajstić information content (AvgIpc) is 2.59. The molecule has 0 unspecified atom stereocenters. The Morgan fingerprint density at radius 3 is 2.39 bits per heavy atom. The molecule has 0 atom stereocenters. The summed E-state index contributed by atoms with van der Waals surface area (Å²) in [6.07, 6.45) is 0. The van der Waals surface area contributed by atoms with E-state index in [0.717, 1.165) is 0 Å². The van der Waals surface area contributed by atoms with E-state index in [1.165, 1.54) is 27.4 Å². The summed E-state index contributed by atoms with van der Waals surface area (Å²) in [7, 11) is 4.18. The van der Waals surface area contributed by atoms with Crippen molar-refractivity contribution in [1.82, 2.24) is 4.98 Å². The number of aromatic amines is 1. The lowest BCUT2D eigenvalue weighted by Crippen LogP contribution is -2.17. The minimum absolute atomic E-state index is 0.0405. The van der Waals surface area contributed by atoms with Crippen molar-refractivity contribution in [2.24, 2.45) is 0 Å². The van der Waals surface area contributed by atoms with Crippen molar-refractivity contribution in [3.05, 3.63) is 45.9 Å². The highest BCUT2D eigenvalue weighted by atomic mass is 16.5. The lowest BCUT2D eigenvalue weighted by molar-refractivity contribution is 0.0593. The number of hydrogen-bond acceptors (Lipinski definition) is 6. The van der Waals surface area contributed by atoms with Crippen molar-refractivity contribution in [3.8, 4) is 28.7 Å². The molecule has 0 fully saturated rings. The molecule has 0 spiro atoms. The first kappa shape index (κ1) is 16.1. The van der Waals surface area contributed by atoms with Crippen LogP contribution in [0.15, 0.2) is 29.1 Å². The molecule has 0 saturated carbocycles. The molecule has 1 aromatic carbocycles. The number of benzene rings is 1. The van der Waals surface area contributed by atoms with Gasteiger partial charge in [-0.05, 0) is 23.8 Å². The van der Waals surface area contributed by atoms with E-state index in [-0.39, 0.29) is 11.3 Å². The molecule has 0 saturated heterocycles. The van der Waals surface area contributed by atoms with Crippen LogP contribution >= 0.6 is 0 Å². The molecule has 2 rings (SSSR count). The van der Waals surface area contributed by atoms with Gasteiger partial charge in [0.2, 0.25) is 0 Å². The fraction of sp³-hybridized carbons (Fsp3) is 0.188. The molecule has 7 heteroatoms. The highest BCUT2D eigenvalue weighted by Crippen LogP contribution is 2.33. The van der Waals surface area contributed by atoms with Crippen LogP contribution in [0.25, 0.3) is 11.1 Å². The second-order valence-corrected chi connectivity index (χ2v) is 4.47. The van der Waals surface area contributed by atoms with Crippen molar-refractivity contribution < 1.29 is 19.0 Å². The summed E-state index contributed by atoms with van der Waals surface area (Å²) < 4.78 is 15.0. The summed E-state index contributed by atoms with van der Waals surface area (Å²) >= 11 is 0. The highest BCUT2D eigenvalue weighted by Gasteiger charge is 2.17. The van der Waals surface area contributed by atoms with Gasteiger partial charge in [0.25, 0.3) is 5.56 Å². The van der Waals surface area contributed by atoms with Crippen LogP contribution < -0.4 is 15.0 Å². The van der Waals surface area contributed by atoms with Crippen molar-refractivity contribution >= 4 is 5.97 Å². The number of H-pyrrole nitrogens is 1. The molecule has 0 amide bonds. The summed E-state index contributed by atoms with van der Waals surface area (Å²) in [6.45, 7) is 0. The molecular formula is C16H14N2O5. The molecule has 118 valence electrons. The lowest BCUT2D eigenvalue weighted by atomic mass is 10.0. The number of carbonyl (C=O) groups is 1.